The van der Waals surface area contributed by atoms with E-state index >= 15 is 0 Å². The Morgan fingerprint density at radius 2 is 1.56 bits per heavy atom. The Morgan fingerprint density at radius 3 is 2.19 bits per heavy atom. The van der Waals surface area contributed by atoms with Crippen molar-refractivity contribution < 1.29 is 0 Å². The van der Waals surface area contributed by atoms with E-state index in [9.17, 15) is 0 Å². The molecule has 1 N–H and O–H groups in total. The molecule has 1 saturated carbocycles. The van der Waals surface area contributed by atoms with Crippen LogP contribution in [0.15, 0.2) is 0 Å². The summed E-state index contributed by atoms with van der Waals surface area (Å²) in [5, 5.41) is 2.42. The molecule has 0 aromatic carbocycles. The zero-order valence-corrected chi connectivity index (χ0v) is 10.7. The van der Waals surface area contributed by atoms with Crippen LogP contribution in [-0.2, 0) is 0 Å². The van der Waals surface area contributed by atoms with Crippen molar-refractivity contribution in [2.24, 2.45) is 5.92 Å². The number of hydrazine groups is 1. The van der Waals surface area contributed by atoms with Crippen molar-refractivity contribution in [1.29, 1.82) is 0 Å². The number of piperazine rings is 1. The highest BCUT2D eigenvalue weighted by molar-refractivity contribution is 4.70. The summed E-state index contributed by atoms with van der Waals surface area (Å²) in [6.45, 7) is 5.99. The monoisotopic (exact) mass is 225 g/mol. The Kier molecular flexibility index (Phi) is 5.07. The Bertz CT molecular complexity index is 180. The molecule has 94 valence electrons. The van der Waals surface area contributed by atoms with Crippen LogP contribution in [0.2, 0.25) is 0 Å². The first-order valence-corrected chi connectivity index (χ1v) is 7.01. The fourth-order valence-electron chi connectivity index (χ4n) is 2.79. The van der Waals surface area contributed by atoms with Crippen LogP contribution in [0.25, 0.3) is 0 Å². The van der Waals surface area contributed by atoms with Gasteiger partial charge in [-0.1, -0.05) is 25.7 Å². The standard InChI is InChI=1S/C13H27N3/c1-15-8-10-16(11-9-15)14-12-13-6-4-2-3-5-7-13/h13-14H,2-12H2,1H3. The minimum atomic E-state index is 0.933. The lowest BCUT2D eigenvalue weighted by Crippen LogP contribution is -2.51. The fraction of sp³-hybridized carbons (Fsp3) is 1.00. The van der Waals surface area contributed by atoms with E-state index in [1.54, 1.807) is 0 Å². The zero-order chi connectivity index (χ0) is 11.2. The molecule has 0 atom stereocenters. The number of hydrogen-bond donors (Lipinski definition) is 1. The Labute approximate surface area is 100 Å². The Hall–Kier alpha value is -0.120. The second-order valence-electron chi connectivity index (χ2n) is 5.51. The summed E-state index contributed by atoms with van der Waals surface area (Å²) in [6, 6.07) is 0. The number of nitrogens with one attached hydrogen (secondary N) is 1. The highest BCUT2D eigenvalue weighted by Gasteiger charge is 2.16. The van der Waals surface area contributed by atoms with E-state index in [-0.39, 0.29) is 0 Å². The molecule has 0 bridgehead atoms. The molecule has 1 saturated heterocycles. The molecule has 2 rings (SSSR count). The maximum absolute atomic E-state index is 3.65. The Balaban J connectivity index is 1.62. The number of likely N-dealkylation sites (N-methyl/N-ethyl adjacent to an activating group) is 1. The molecule has 0 spiro atoms. The van der Waals surface area contributed by atoms with Gasteiger partial charge in [-0.3, -0.25) is 5.43 Å². The van der Waals surface area contributed by atoms with Crippen molar-refractivity contribution >= 4 is 0 Å². The zero-order valence-electron chi connectivity index (χ0n) is 10.7. The quantitative estimate of drug-likeness (QED) is 0.738. The van der Waals surface area contributed by atoms with Crippen LogP contribution < -0.4 is 5.43 Å². The normalized spacial score (nSPS) is 26.8. The predicted molar refractivity (Wildman–Crippen MR) is 68.3 cm³/mol. The van der Waals surface area contributed by atoms with Crippen LogP contribution in [0, 0.1) is 5.92 Å². The van der Waals surface area contributed by atoms with Gasteiger partial charge in [0.05, 0.1) is 0 Å². The molecular weight excluding hydrogens is 198 g/mol. The van der Waals surface area contributed by atoms with Gasteiger partial charge in [-0.05, 0) is 25.8 Å². The van der Waals surface area contributed by atoms with Crippen LogP contribution in [0.4, 0.5) is 0 Å². The van der Waals surface area contributed by atoms with Crippen LogP contribution in [0.3, 0.4) is 0 Å². The first kappa shape index (κ1) is 12.3. The fourth-order valence-corrected chi connectivity index (χ4v) is 2.79. The topological polar surface area (TPSA) is 18.5 Å². The molecule has 0 aromatic heterocycles. The van der Waals surface area contributed by atoms with Crippen molar-refractivity contribution in [2.45, 2.75) is 38.5 Å². The second kappa shape index (κ2) is 6.58. The average Bonchev–Trinajstić information content (AvgIpc) is 2.57. The largest absolute Gasteiger partial charge is 0.304 e. The first-order valence-electron chi connectivity index (χ1n) is 7.01. The van der Waals surface area contributed by atoms with Crippen LogP contribution in [-0.4, -0.2) is 49.7 Å². The highest BCUT2D eigenvalue weighted by atomic mass is 15.5. The lowest BCUT2D eigenvalue weighted by atomic mass is 10.0. The maximum atomic E-state index is 3.65. The summed E-state index contributed by atoms with van der Waals surface area (Å²) < 4.78 is 0. The minimum absolute atomic E-state index is 0.933. The van der Waals surface area contributed by atoms with Gasteiger partial charge in [-0.15, -0.1) is 0 Å². The molecule has 1 aliphatic heterocycles. The van der Waals surface area contributed by atoms with Crippen molar-refractivity contribution in [1.82, 2.24) is 15.3 Å². The van der Waals surface area contributed by atoms with Gasteiger partial charge in [-0.2, -0.15) is 0 Å². The summed E-state index contributed by atoms with van der Waals surface area (Å²) in [5.74, 6) is 0.933. The predicted octanol–water partition coefficient (Wildman–Crippen LogP) is 1.71. The van der Waals surface area contributed by atoms with E-state index in [1.807, 2.05) is 0 Å². The third-order valence-corrected chi connectivity index (χ3v) is 4.08. The van der Waals surface area contributed by atoms with Gasteiger partial charge < -0.3 is 4.90 Å². The van der Waals surface area contributed by atoms with Crippen molar-refractivity contribution in [3.8, 4) is 0 Å². The van der Waals surface area contributed by atoms with Gasteiger partial charge in [0, 0.05) is 32.7 Å². The molecule has 16 heavy (non-hydrogen) atoms. The van der Waals surface area contributed by atoms with Crippen LogP contribution >= 0.6 is 0 Å². The van der Waals surface area contributed by atoms with E-state index in [0.29, 0.717) is 0 Å². The molecule has 0 amide bonds. The lowest BCUT2D eigenvalue weighted by molar-refractivity contribution is 0.0964. The molecule has 1 heterocycles. The van der Waals surface area contributed by atoms with Gasteiger partial charge in [0.2, 0.25) is 0 Å². The molecule has 2 aliphatic rings. The van der Waals surface area contributed by atoms with Gasteiger partial charge in [0.1, 0.15) is 0 Å². The van der Waals surface area contributed by atoms with Crippen LogP contribution in [0.5, 0.6) is 0 Å². The molecular formula is C13H27N3. The third kappa shape index (κ3) is 4.04. The Morgan fingerprint density at radius 1 is 0.938 bits per heavy atom. The lowest BCUT2D eigenvalue weighted by Gasteiger charge is -2.33. The second-order valence-corrected chi connectivity index (χ2v) is 5.51. The number of nitrogens with zero attached hydrogens (tertiary/aromatic N) is 2. The van der Waals surface area contributed by atoms with E-state index in [0.717, 1.165) is 5.92 Å². The van der Waals surface area contributed by atoms with Gasteiger partial charge in [0.25, 0.3) is 0 Å². The molecule has 2 fully saturated rings. The summed E-state index contributed by atoms with van der Waals surface area (Å²) in [4.78, 5) is 2.41. The first-order chi connectivity index (χ1) is 7.84. The number of rotatable bonds is 3. The van der Waals surface area contributed by atoms with Crippen molar-refractivity contribution in [3.63, 3.8) is 0 Å². The summed E-state index contributed by atoms with van der Waals surface area (Å²) in [7, 11) is 2.21. The SMILES string of the molecule is CN1CCN(NCC2CCCCCC2)CC1. The summed E-state index contributed by atoms with van der Waals surface area (Å²) >= 11 is 0. The summed E-state index contributed by atoms with van der Waals surface area (Å²) in [6.07, 6.45) is 8.72. The molecule has 3 heteroatoms. The summed E-state index contributed by atoms with van der Waals surface area (Å²) in [5.41, 5.74) is 3.65. The molecule has 0 unspecified atom stereocenters. The van der Waals surface area contributed by atoms with E-state index in [4.69, 9.17) is 0 Å². The smallest absolute Gasteiger partial charge is 0.0259 e. The van der Waals surface area contributed by atoms with E-state index in [1.165, 1.54) is 71.2 Å². The molecule has 1 aliphatic carbocycles. The van der Waals surface area contributed by atoms with Gasteiger partial charge in [-0.25, -0.2) is 5.01 Å². The molecule has 0 aromatic rings. The van der Waals surface area contributed by atoms with Crippen molar-refractivity contribution in [3.05, 3.63) is 0 Å². The van der Waals surface area contributed by atoms with E-state index < -0.39 is 0 Å². The molecule has 3 nitrogen and oxygen atoms in total. The highest BCUT2D eigenvalue weighted by Crippen LogP contribution is 2.22. The van der Waals surface area contributed by atoms with Gasteiger partial charge >= 0.3 is 0 Å². The maximum Gasteiger partial charge on any atom is 0.0259 e. The van der Waals surface area contributed by atoms with Gasteiger partial charge in [0.15, 0.2) is 0 Å². The number of hydrogen-bond acceptors (Lipinski definition) is 3. The third-order valence-electron chi connectivity index (χ3n) is 4.08. The average molecular weight is 225 g/mol. The van der Waals surface area contributed by atoms with E-state index in [2.05, 4.69) is 22.4 Å². The van der Waals surface area contributed by atoms with Crippen LogP contribution in [0.1, 0.15) is 38.5 Å². The molecule has 0 radical (unpaired) electrons. The minimum Gasteiger partial charge on any atom is -0.304 e. The van der Waals surface area contributed by atoms with Crippen molar-refractivity contribution in [2.75, 3.05) is 39.8 Å².